The van der Waals surface area contributed by atoms with Crippen molar-refractivity contribution in [3.8, 4) is 0 Å². The Labute approximate surface area is 96.0 Å². The fourth-order valence-corrected chi connectivity index (χ4v) is 2.18. The number of halogens is 1. The van der Waals surface area contributed by atoms with Gasteiger partial charge in [-0.05, 0) is 12.1 Å². The lowest BCUT2D eigenvalue weighted by Gasteiger charge is -2.00. The molecule has 0 aromatic carbocycles. The number of aromatic amines is 1. The van der Waals surface area contributed by atoms with E-state index < -0.39 is 15.3 Å². The molecule has 16 heavy (non-hydrogen) atoms. The lowest BCUT2D eigenvalue weighted by atomic mass is 10.3. The smallest absolute Gasteiger partial charge is 0.226 e. The molecule has 0 spiro atoms. The molecule has 2 heterocycles. The van der Waals surface area contributed by atoms with E-state index in [-0.39, 0.29) is 15.6 Å². The highest BCUT2D eigenvalue weighted by molar-refractivity contribution is 7.90. The average molecular weight is 259 g/mol. The third-order valence-corrected chi connectivity index (χ3v) is 3.37. The fourth-order valence-electron chi connectivity index (χ4n) is 1.33. The second-order valence-electron chi connectivity index (χ2n) is 3.28. The van der Waals surface area contributed by atoms with E-state index in [1.54, 1.807) is 6.07 Å². The zero-order valence-electron chi connectivity index (χ0n) is 8.19. The molecule has 0 saturated carbocycles. The van der Waals surface area contributed by atoms with Gasteiger partial charge in [-0.1, -0.05) is 11.6 Å². The van der Waals surface area contributed by atoms with Crippen molar-refractivity contribution in [2.24, 2.45) is 0 Å². The van der Waals surface area contributed by atoms with Gasteiger partial charge in [-0.3, -0.25) is 4.79 Å². The number of H-pyrrole nitrogens is 1. The Balaban J connectivity index is 2.95. The Kier molecular flexibility index (Phi) is 2.47. The molecule has 5 nitrogen and oxygen atoms in total. The van der Waals surface area contributed by atoms with Gasteiger partial charge in [0.05, 0.1) is 5.52 Å². The van der Waals surface area contributed by atoms with Crippen molar-refractivity contribution in [1.82, 2.24) is 9.97 Å². The zero-order chi connectivity index (χ0) is 11.9. The summed E-state index contributed by atoms with van der Waals surface area (Å²) in [7, 11) is -3.56. The third-order valence-electron chi connectivity index (χ3n) is 2.06. The van der Waals surface area contributed by atoms with E-state index in [1.165, 1.54) is 6.07 Å². The number of aromatic nitrogens is 2. The molecule has 84 valence electrons. The Hall–Kier alpha value is -1.40. The first-order chi connectivity index (χ1) is 7.39. The minimum absolute atomic E-state index is 0.0235. The van der Waals surface area contributed by atoms with E-state index >= 15 is 0 Å². The van der Waals surface area contributed by atoms with Gasteiger partial charge in [-0.15, -0.1) is 0 Å². The second-order valence-corrected chi connectivity index (χ2v) is 5.66. The van der Waals surface area contributed by atoms with Crippen LogP contribution in [0.15, 0.2) is 28.0 Å². The summed E-state index contributed by atoms with van der Waals surface area (Å²) in [4.78, 5) is 18.0. The van der Waals surface area contributed by atoms with Crippen LogP contribution in [0, 0.1) is 0 Å². The Bertz CT molecular complexity index is 721. The van der Waals surface area contributed by atoms with Crippen molar-refractivity contribution in [2.45, 2.75) is 4.90 Å². The number of fused-ring (bicyclic) bond motifs is 1. The van der Waals surface area contributed by atoms with Crippen LogP contribution in [0.5, 0.6) is 0 Å². The summed E-state index contributed by atoms with van der Waals surface area (Å²) in [5.41, 5.74) is -0.170. The molecule has 0 unspecified atom stereocenters. The van der Waals surface area contributed by atoms with Gasteiger partial charge in [-0.25, -0.2) is 13.4 Å². The van der Waals surface area contributed by atoms with Crippen LogP contribution >= 0.6 is 11.6 Å². The first-order valence-corrected chi connectivity index (χ1v) is 6.54. The standard InChI is InChI=1S/C9H7ClN2O3S/c1-16(14,15)6-4-11-5-2-3-7(10)12-8(5)9(6)13/h2-4H,1H3,(H,11,13). The number of hydrogen-bond acceptors (Lipinski definition) is 4. The Morgan fingerprint density at radius 3 is 2.69 bits per heavy atom. The normalized spacial score (nSPS) is 11.9. The third kappa shape index (κ3) is 1.81. The summed E-state index contributed by atoms with van der Waals surface area (Å²) in [6.45, 7) is 0. The topological polar surface area (TPSA) is 79.9 Å². The maximum absolute atomic E-state index is 11.8. The van der Waals surface area contributed by atoms with E-state index in [1.807, 2.05) is 0 Å². The average Bonchev–Trinajstić information content (AvgIpc) is 2.17. The Morgan fingerprint density at radius 1 is 1.38 bits per heavy atom. The minimum atomic E-state index is -3.56. The highest BCUT2D eigenvalue weighted by Crippen LogP contribution is 2.12. The van der Waals surface area contributed by atoms with E-state index in [9.17, 15) is 13.2 Å². The summed E-state index contributed by atoms with van der Waals surface area (Å²) >= 11 is 5.64. The van der Waals surface area contributed by atoms with Gasteiger partial charge in [0.25, 0.3) is 0 Å². The molecule has 0 aliphatic carbocycles. The molecule has 0 radical (unpaired) electrons. The maximum atomic E-state index is 11.8. The first kappa shape index (κ1) is 11.1. The Morgan fingerprint density at radius 2 is 2.06 bits per heavy atom. The van der Waals surface area contributed by atoms with Gasteiger partial charge >= 0.3 is 0 Å². The summed E-state index contributed by atoms with van der Waals surface area (Å²) < 4.78 is 22.6. The summed E-state index contributed by atoms with van der Waals surface area (Å²) in [5, 5.41) is 0.142. The van der Waals surface area contributed by atoms with Crippen LogP contribution in [0.4, 0.5) is 0 Å². The SMILES string of the molecule is CS(=O)(=O)c1c[nH]c2ccc(Cl)nc2c1=O. The molecule has 0 bridgehead atoms. The van der Waals surface area contributed by atoms with E-state index in [2.05, 4.69) is 9.97 Å². The predicted molar refractivity (Wildman–Crippen MR) is 60.5 cm³/mol. The molecule has 0 atom stereocenters. The van der Waals surface area contributed by atoms with Gasteiger partial charge in [0.1, 0.15) is 15.6 Å². The van der Waals surface area contributed by atoms with Crippen molar-refractivity contribution in [3.63, 3.8) is 0 Å². The second kappa shape index (κ2) is 3.57. The molecular weight excluding hydrogens is 252 g/mol. The van der Waals surface area contributed by atoms with E-state index in [0.29, 0.717) is 5.52 Å². The molecule has 1 N–H and O–H groups in total. The molecule has 2 rings (SSSR count). The molecule has 0 aliphatic rings. The van der Waals surface area contributed by atoms with Crippen LogP contribution in [0.1, 0.15) is 0 Å². The lowest BCUT2D eigenvalue weighted by Crippen LogP contribution is -2.15. The van der Waals surface area contributed by atoms with Gasteiger partial charge in [0.15, 0.2) is 9.84 Å². The van der Waals surface area contributed by atoms with E-state index in [4.69, 9.17) is 11.6 Å². The predicted octanol–water partition coefficient (Wildman–Crippen LogP) is 0.980. The number of pyridine rings is 2. The van der Waals surface area contributed by atoms with Crippen molar-refractivity contribution in [1.29, 1.82) is 0 Å². The van der Waals surface area contributed by atoms with Gasteiger partial charge < -0.3 is 4.98 Å². The summed E-state index contributed by atoms with van der Waals surface area (Å²) in [6, 6.07) is 3.08. The van der Waals surface area contributed by atoms with Crippen LogP contribution in [0.3, 0.4) is 0 Å². The van der Waals surface area contributed by atoms with Gasteiger partial charge in [0, 0.05) is 12.5 Å². The van der Waals surface area contributed by atoms with Crippen molar-refractivity contribution in [3.05, 3.63) is 33.7 Å². The summed E-state index contributed by atoms with van der Waals surface area (Å²) in [5.74, 6) is 0. The number of hydrogen-bond donors (Lipinski definition) is 1. The highest BCUT2D eigenvalue weighted by atomic mass is 35.5. The largest absolute Gasteiger partial charge is 0.358 e. The minimum Gasteiger partial charge on any atom is -0.358 e. The van der Waals surface area contributed by atoms with Gasteiger partial charge in [0.2, 0.25) is 5.43 Å². The van der Waals surface area contributed by atoms with Crippen LogP contribution in [-0.2, 0) is 9.84 Å². The summed E-state index contributed by atoms with van der Waals surface area (Å²) in [6.07, 6.45) is 2.13. The van der Waals surface area contributed by atoms with Gasteiger partial charge in [-0.2, -0.15) is 0 Å². The van der Waals surface area contributed by atoms with Crippen LogP contribution in [-0.4, -0.2) is 24.6 Å². The number of sulfone groups is 1. The molecular formula is C9H7ClN2O3S. The quantitative estimate of drug-likeness (QED) is 0.774. The highest BCUT2D eigenvalue weighted by Gasteiger charge is 2.15. The monoisotopic (exact) mass is 258 g/mol. The molecule has 0 fully saturated rings. The molecule has 0 aliphatic heterocycles. The van der Waals surface area contributed by atoms with Crippen LogP contribution in [0.2, 0.25) is 5.15 Å². The number of nitrogens with zero attached hydrogens (tertiary/aromatic N) is 1. The van der Waals surface area contributed by atoms with Crippen molar-refractivity contribution in [2.75, 3.05) is 6.26 Å². The number of nitrogens with one attached hydrogen (secondary N) is 1. The molecule has 7 heteroatoms. The molecule has 2 aromatic rings. The molecule has 0 saturated heterocycles. The lowest BCUT2D eigenvalue weighted by molar-refractivity contribution is 0.601. The fraction of sp³-hybridized carbons (Fsp3) is 0.111. The van der Waals surface area contributed by atoms with Crippen molar-refractivity contribution >= 4 is 32.5 Å². The van der Waals surface area contributed by atoms with E-state index in [0.717, 1.165) is 12.5 Å². The zero-order valence-corrected chi connectivity index (χ0v) is 9.76. The molecule has 2 aromatic heterocycles. The first-order valence-electron chi connectivity index (χ1n) is 4.27. The maximum Gasteiger partial charge on any atom is 0.226 e. The van der Waals surface area contributed by atoms with Crippen LogP contribution < -0.4 is 5.43 Å². The number of rotatable bonds is 1. The van der Waals surface area contributed by atoms with Crippen molar-refractivity contribution < 1.29 is 8.42 Å². The molecule has 0 amide bonds. The van der Waals surface area contributed by atoms with Crippen LogP contribution in [0.25, 0.3) is 11.0 Å².